The van der Waals surface area contributed by atoms with E-state index >= 15 is 0 Å². The van der Waals surface area contributed by atoms with Gasteiger partial charge < -0.3 is 5.32 Å². The third-order valence-corrected chi connectivity index (χ3v) is 5.15. The lowest BCUT2D eigenvalue weighted by Crippen LogP contribution is -2.12. The summed E-state index contributed by atoms with van der Waals surface area (Å²) in [6.07, 6.45) is 1.71. The van der Waals surface area contributed by atoms with Crippen LogP contribution in [0.2, 0.25) is 0 Å². The van der Waals surface area contributed by atoms with Gasteiger partial charge in [0.05, 0.1) is 5.69 Å². The van der Waals surface area contributed by atoms with Gasteiger partial charge in [0.15, 0.2) is 9.30 Å². The zero-order valence-corrected chi connectivity index (χ0v) is 13.2. The molecule has 3 heterocycles. The van der Waals surface area contributed by atoms with Gasteiger partial charge in [-0.25, -0.2) is 4.98 Å². The summed E-state index contributed by atoms with van der Waals surface area (Å²) in [6, 6.07) is 1.52. The van der Waals surface area contributed by atoms with Crippen molar-refractivity contribution < 1.29 is 4.79 Å². The molecule has 0 bridgehead atoms. The van der Waals surface area contributed by atoms with Gasteiger partial charge in [0.25, 0.3) is 5.56 Å². The molecule has 10 heteroatoms. The molecule has 1 amide bonds. The molecule has 7 nitrogen and oxygen atoms in total. The first-order valence-corrected chi connectivity index (χ1v) is 8.49. The van der Waals surface area contributed by atoms with Crippen molar-refractivity contribution in [2.45, 2.75) is 17.0 Å². The van der Waals surface area contributed by atoms with E-state index in [1.165, 1.54) is 51.8 Å². The topological polar surface area (TPSA) is 89.2 Å². The second-order valence-electron chi connectivity index (χ2n) is 3.98. The van der Waals surface area contributed by atoms with Crippen LogP contribution in [-0.2, 0) is 10.5 Å². The summed E-state index contributed by atoms with van der Waals surface area (Å²) in [5.41, 5.74) is 0.608. The van der Waals surface area contributed by atoms with Crippen LogP contribution in [-0.4, -0.2) is 25.5 Å². The molecule has 0 atom stereocenters. The van der Waals surface area contributed by atoms with Crippen LogP contribution in [0.4, 0.5) is 5.13 Å². The van der Waals surface area contributed by atoms with Crippen molar-refractivity contribution in [1.82, 2.24) is 19.6 Å². The summed E-state index contributed by atoms with van der Waals surface area (Å²) in [5, 5.41) is 12.7. The van der Waals surface area contributed by atoms with Gasteiger partial charge in [-0.2, -0.15) is 0 Å². The van der Waals surface area contributed by atoms with Crippen LogP contribution in [0.5, 0.6) is 0 Å². The highest BCUT2D eigenvalue weighted by Crippen LogP contribution is 2.27. The summed E-state index contributed by atoms with van der Waals surface area (Å²) >= 11 is 4.14. The smallest absolute Gasteiger partial charge is 0.258 e. The van der Waals surface area contributed by atoms with Crippen molar-refractivity contribution in [3.05, 3.63) is 33.7 Å². The molecule has 0 unspecified atom stereocenters. The summed E-state index contributed by atoms with van der Waals surface area (Å²) in [4.78, 5) is 27.8. The Morgan fingerprint density at radius 2 is 2.33 bits per heavy atom. The van der Waals surface area contributed by atoms with E-state index < -0.39 is 0 Å². The number of aromatic nitrogens is 4. The van der Waals surface area contributed by atoms with Crippen LogP contribution in [0.1, 0.15) is 12.6 Å². The van der Waals surface area contributed by atoms with Crippen molar-refractivity contribution in [1.29, 1.82) is 0 Å². The quantitative estimate of drug-likeness (QED) is 0.576. The van der Waals surface area contributed by atoms with Gasteiger partial charge in [-0.05, 0) is 0 Å². The predicted molar refractivity (Wildman–Crippen MR) is 83.1 cm³/mol. The molecule has 21 heavy (non-hydrogen) atoms. The maximum absolute atomic E-state index is 11.8. The standard InChI is InChI=1S/C11H9N5O2S3/c1-6(17)12-9-14-15-11(21-9)20-5-7-4-8(18)16-2-3-19-10(16)13-7/h2-4H,5H2,1H3,(H,12,14,17). The van der Waals surface area contributed by atoms with E-state index in [4.69, 9.17) is 0 Å². The van der Waals surface area contributed by atoms with E-state index in [0.29, 0.717) is 25.9 Å². The number of carbonyl (C=O) groups is 1. The molecule has 1 N–H and O–H groups in total. The average molecular weight is 339 g/mol. The van der Waals surface area contributed by atoms with Crippen molar-refractivity contribution in [2.24, 2.45) is 0 Å². The summed E-state index contributed by atoms with van der Waals surface area (Å²) in [6.45, 7) is 1.42. The molecule has 108 valence electrons. The minimum absolute atomic E-state index is 0.0898. The predicted octanol–water partition coefficient (Wildman–Crippen LogP) is 1.86. The maximum atomic E-state index is 11.8. The van der Waals surface area contributed by atoms with Crippen LogP contribution in [0, 0.1) is 0 Å². The lowest BCUT2D eigenvalue weighted by Gasteiger charge is -1.98. The number of amides is 1. The third-order valence-electron chi connectivity index (χ3n) is 2.39. The van der Waals surface area contributed by atoms with Crippen molar-refractivity contribution >= 4 is 50.4 Å². The highest BCUT2D eigenvalue weighted by molar-refractivity contribution is 8.00. The Labute approximate surface area is 131 Å². The minimum Gasteiger partial charge on any atom is -0.301 e. The Morgan fingerprint density at radius 3 is 3.14 bits per heavy atom. The molecule has 0 aliphatic heterocycles. The second-order valence-corrected chi connectivity index (χ2v) is 7.06. The number of thioether (sulfide) groups is 1. The van der Waals surface area contributed by atoms with Gasteiger partial charge in [-0.3, -0.25) is 14.0 Å². The zero-order valence-electron chi connectivity index (χ0n) is 10.8. The molecule has 0 saturated heterocycles. The van der Waals surface area contributed by atoms with Gasteiger partial charge in [0, 0.05) is 30.3 Å². The number of anilines is 1. The first-order valence-electron chi connectivity index (χ1n) is 5.81. The molecule has 0 saturated carbocycles. The molecule has 3 aromatic heterocycles. The van der Waals surface area contributed by atoms with Crippen LogP contribution in [0.3, 0.4) is 0 Å². The Hall–Kier alpha value is -1.78. The van der Waals surface area contributed by atoms with Crippen LogP contribution in [0.25, 0.3) is 4.96 Å². The molecule has 0 fully saturated rings. The molecule has 3 aromatic rings. The van der Waals surface area contributed by atoms with Crippen molar-refractivity contribution in [3.63, 3.8) is 0 Å². The summed E-state index contributed by atoms with van der Waals surface area (Å²) in [5.74, 6) is 0.346. The number of fused-ring (bicyclic) bond motifs is 1. The SMILES string of the molecule is CC(=O)Nc1nnc(SCc2cc(=O)n3ccsc3n2)s1. The van der Waals surface area contributed by atoms with E-state index in [0.717, 1.165) is 0 Å². The van der Waals surface area contributed by atoms with E-state index in [-0.39, 0.29) is 11.5 Å². The first kappa shape index (κ1) is 14.2. The minimum atomic E-state index is -0.180. The lowest BCUT2D eigenvalue weighted by atomic mass is 10.4. The number of thiazole rings is 1. The Kier molecular flexibility index (Phi) is 3.99. The number of hydrogen-bond donors (Lipinski definition) is 1. The monoisotopic (exact) mass is 339 g/mol. The lowest BCUT2D eigenvalue weighted by molar-refractivity contribution is -0.114. The van der Waals surface area contributed by atoms with Crippen LogP contribution in [0.15, 0.2) is 26.8 Å². The Bertz CT molecular complexity index is 853. The molecule has 0 aliphatic rings. The molecule has 0 spiro atoms. The van der Waals surface area contributed by atoms with E-state index in [2.05, 4.69) is 20.5 Å². The molecule has 0 radical (unpaired) electrons. The molecular formula is C11H9N5O2S3. The number of carbonyl (C=O) groups excluding carboxylic acids is 1. The van der Waals surface area contributed by atoms with Crippen LogP contribution >= 0.6 is 34.4 Å². The number of nitrogens with one attached hydrogen (secondary N) is 1. The number of hydrogen-bond acceptors (Lipinski definition) is 8. The van der Waals surface area contributed by atoms with E-state index in [9.17, 15) is 9.59 Å². The Morgan fingerprint density at radius 1 is 1.48 bits per heavy atom. The average Bonchev–Trinajstić information content (AvgIpc) is 3.04. The van der Waals surface area contributed by atoms with Gasteiger partial charge in [-0.1, -0.05) is 23.1 Å². The maximum Gasteiger partial charge on any atom is 0.258 e. The largest absolute Gasteiger partial charge is 0.301 e. The second kappa shape index (κ2) is 5.92. The van der Waals surface area contributed by atoms with Gasteiger partial charge in [-0.15, -0.1) is 21.5 Å². The number of rotatable bonds is 4. The zero-order chi connectivity index (χ0) is 14.8. The third kappa shape index (κ3) is 3.28. The van der Waals surface area contributed by atoms with Gasteiger partial charge >= 0.3 is 0 Å². The van der Waals surface area contributed by atoms with Crippen molar-refractivity contribution in [2.75, 3.05) is 5.32 Å². The molecular weight excluding hydrogens is 330 g/mol. The van der Waals surface area contributed by atoms with Crippen molar-refractivity contribution in [3.8, 4) is 0 Å². The fourth-order valence-corrected chi connectivity index (χ4v) is 4.00. The Balaban J connectivity index is 1.72. The van der Waals surface area contributed by atoms with Gasteiger partial charge in [0.2, 0.25) is 11.0 Å². The highest BCUT2D eigenvalue weighted by atomic mass is 32.2. The molecule has 0 aromatic carbocycles. The normalized spacial score (nSPS) is 10.9. The van der Waals surface area contributed by atoms with E-state index in [1.54, 1.807) is 6.20 Å². The molecule has 0 aliphatic carbocycles. The van der Waals surface area contributed by atoms with Gasteiger partial charge in [0.1, 0.15) is 0 Å². The summed E-state index contributed by atoms with van der Waals surface area (Å²) < 4.78 is 2.23. The highest BCUT2D eigenvalue weighted by Gasteiger charge is 2.08. The fraction of sp³-hybridized carbons (Fsp3) is 0.182. The summed E-state index contributed by atoms with van der Waals surface area (Å²) in [7, 11) is 0. The van der Waals surface area contributed by atoms with Crippen LogP contribution < -0.4 is 10.9 Å². The van der Waals surface area contributed by atoms with E-state index in [1.807, 2.05) is 5.38 Å². The first-order chi connectivity index (χ1) is 10.1. The molecule has 3 rings (SSSR count). The number of nitrogens with zero attached hydrogens (tertiary/aromatic N) is 4. The fourth-order valence-electron chi connectivity index (χ4n) is 1.57.